The molecule has 0 bridgehead atoms. The van der Waals surface area contributed by atoms with Gasteiger partial charge < -0.3 is 25.4 Å². The Balaban J connectivity index is 2.11. The number of nitrogens with one attached hydrogen (secondary N) is 3. The quantitative estimate of drug-likeness (QED) is 0.681. The molecule has 0 fully saturated rings. The number of para-hydroxylation sites is 1. The average molecular weight is 337 g/mol. The fourth-order valence-corrected chi connectivity index (χ4v) is 1.53. The topological polar surface area (TPSA) is 106 Å². The molecule has 8 heteroatoms. The van der Waals surface area contributed by atoms with Crippen molar-refractivity contribution in [3.05, 3.63) is 30.3 Å². The van der Waals surface area contributed by atoms with Gasteiger partial charge in [-0.1, -0.05) is 18.2 Å². The molecule has 1 aromatic carbocycles. The summed E-state index contributed by atoms with van der Waals surface area (Å²) in [6.45, 7) is 5.39. The first-order chi connectivity index (χ1) is 11.3. The van der Waals surface area contributed by atoms with E-state index >= 15 is 0 Å². The van der Waals surface area contributed by atoms with Crippen LogP contribution in [-0.4, -0.2) is 43.3 Å². The van der Waals surface area contributed by atoms with Crippen molar-refractivity contribution in [3.8, 4) is 5.75 Å². The van der Waals surface area contributed by atoms with Gasteiger partial charge in [0.2, 0.25) is 5.91 Å². The zero-order chi connectivity index (χ0) is 18.0. The van der Waals surface area contributed by atoms with Gasteiger partial charge in [-0.15, -0.1) is 0 Å². The summed E-state index contributed by atoms with van der Waals surface area (Å²) in [5, 5.41) is 7.37. The van der Waals surface area contributed by atoms with Gasteiger partial charge in [-0.3, -0.25) is 4.79 Å². The van der Waals surface area contributed by atoms with Crippen molar-refractivity contribution in [2.24, 2.45) is 0 Å². The van der Waals surface area contributed by atoms with Gasteiger partial charge in [-0.2, -0.15) is 0 Å². The number of carbonyl (C=O) groups is 3. The third-order valence-electron chi connectivity index (χ3n) is 2.46. The number of amides is 3. The molecule has 0 saturated heterocycles. The van der Waals surface area contributed by atoms with Gasteiger partial charge in [0.1, 0.15) is 11.4 Å². The highest BCUT2D eigenvalue weighted by atomic mass is 16.6. The Morgan fingerprint density at radius 3 is 2.17 bits per heavy atom. The number of carbonyl (C=O) groups excluding carboxylic acids is 3. The number of ether oxygens (including phenoxy) is 2. The van der Waals surface area contributed by atoms with Crippen LogP contribution in [0.4, 0.5) is 9.59 Å². The maximum Gasteiger partial charge on any atom is 0.412 e. The van der Waals surface area contributed by atoms with Crippen molar-refractivity contribution in [1.29, 1.82) is 0 Å². The summed E-state index contributed by atoms with van der Waals surface area (Å²) in [5.41, 5.74) is -0.621. The Labute approximate surface area is 140 Å². The van der Waals surface area contributed by atoms with E-state index in [9.17, 15) is 14.4 Å². The van der Waals surface area contributed by atoms with Crippen LogP contribution >= 0.6 is 0 Å². The molecular formula is C16H23N3O5. The van der Waals surface area contributed by atoms with E-state index in [1.54, 1.807) is 45.0 Å². The molecule has 132 valence electrons. The minimum Gasteiger partial charge on any atom is -0.444 e. The van der Waals surface area contributed by atoms with E-state index in [2.05, 4.69) is 16.0 Å². The molecule has 3 N–H and O–H groups in total. The molecule has 0 saturated carbocycles. The lowest BCUT2D eigenvalue weighted by Crippen LogP contribution is -2.42. The van der Waals surface area contributed by atoms with Crippen LogP contribution in [0.3, 0.4) is 0 Å². The molecule has 0 unspecified atom stereocenters. The summed E-state index contributed by atoms with van der Waals surface area (Å²) < 4.78 is 10.0. The molecule has 3 amide bonds. The molecule has 0 radical (unpaired) electrons. The lowest BCUT2D eigenvalue weighted by Gasteiger charge is -2.19. The zero-order valence-electron chi connectivity index (χ0n) is 14.0. The van der Waals surface area contributed by atoms with Crippen molar-refractivity contribution in [2.75, 3.05) is 19.6 Å². The van der Waals surface area contributed by atoms with Crippen molar-refractivity contribution in [2.45, 2.75) is 26.4 Å². The normalized spacial score (nSPS) is 10.5. The largest absolute Gasteiger partial charge is 0.444 e. The standard InChI is InChI=1S/C16H23N3O5/c1-16(2,3)24-15(22)19-11-13(20)17-9-10-18-14(21)23-12-7-5-4-6-8-12/h4-8H,9-11H2,1-3H3,(H,17,20)(H,18,21)(H,19,22). The molecule has 0 atom stereocenters. The second-order valence-electron chi connectivity index (χ2n) is 5.83. The van der Waals surface area contributed by atoms with Crippen molar-refractivity contribution < 1.29 is 23.9 Å². The smallest absolute Gasteiger partial charge is 0.412 e. The number of rotatable bonds is 6. The summed E-state index contributed by atoms with van der Waals surface area (Å²) in [5.74, 6) is 0.0414. The van der Waals surface area contributed by atoms with Crippen LogP contribution in [0.15, 0.2) is 30.3 Å². The Hall–Kier alpha value is -2.77. The molecule has 1 aromatic rings. The molecule has 0 aliphatic rings. The van der Waals surface area contributed by atoms with Gasteiger partial charge in [0.15, 0.2) is 0 Å². The minimum absolute atomic E-state index is 0.198. The van der Waals surface area contributed by atoms with Crippen LogP contribution in [0.1, 0.15) is 20.8 Å². The first-order valence-corrected chi connectivity index (χ1v) is 7.50. The van der Waals surface area contributed by atoms with Gasteiger partial charge in [0, 0.05) is 13.1 Å². The Bertz CT molecular complexity index is 555. The highest BCUT2D eigenvalue weighted by Crippen LogP contribution is 2.08. The highest BCUT2D eigenvalue weighted by Gasteiger charge is 2.16. The first-order valence-electron chi connectivity index (χ1n) is 7.50. The van der Waals surface area contributed by atoms with E-state index in [0.717, 1.165) is 0 Å². The number of hydrogen-bond acceptors (Lipinski definition) is 5. The van der Waals surface area contributed by atoms with Crippen LogP contribution in [0.5, 0.6) is 5.75 Å². The van der Waals surface area contributed by atoms with E-state index in [0.29, 0.717) is 5.75 Å². The van der Waals surface area contributed by atoms with Crippen molar-refractivity contribution in [1.82, 2.24) is 16.0 Å². The van der Waals surface area contributed by atoms with Gasteiger partial charge in [-0.05, 0) is 32.9 Å². The SMILES string of the molecule is CC(C)(C)OC(=O)NCC(=O)NCCNC(=O)Oc1ccccc1. The molecular weight excluding hydrogens is 314 g/mol. The van der Waals surface area contributed by atoms with E-state index in [1.807, 2.05) is 6.07 Å². The second kappa shape index (κ2) is 9.39. The summed E-state index contributed by atoms with van der Waals surface area (Å²) in [4.78, 5) is 34.4. The van der Waals surface area contributed by atoms with Crippen LogP contribution in [-0.2, 0) is 9.53 Å². The Morgan fingerprint density at radius 2 is 1.54 bits per heavy atom. The molecule has 8 nitrogen and oxygen atoms in total. The van der Waals surface area contributed by atoms with E-state index in [4.69, 9.17) is 9.47 Å². The number of hydrogen-bond donors (Lipinski definition) is 3. The molecule has 0 aromatic heterocycles. The average Bonchev–Trinajstić information content (AvgIpc) is 2.49. The van der Waals surface area contributed by atoms with Crippen LogP contribution in [0, 0.1) is 0 Å². The summed E-state index contributed by atoms with van der Waals surface area (Å²) >= 11 is 0. The van der Waals surface area contributed by atoms with Gasteiger partial charge >= 0.3 is 12.2 Å². The van der Waals surface area contributed by atoms with Crippen LogP contribution < -0.4 is 20.7 Å². The Kier molecular flexibility index (Phi) is 7.54. The maximum absolute atomic E-state index is 11.5. The van der Waals surface area contributed by atoms with E-state index < -0.39 is 17.8 Å². The first kappa shape index (κ1) is 19.3. The maximum atomic E-state index is 11.5. The minimum atomic E-state index is -0.665. The third-order valence-corrected chi connectivity index (χ3v) is 2.46. The predicted octanol–water partition coefficient (Wildman–Crippen LogP) is 1.42. The van der Waals surface area contributed by atoms with E-state index in [-0.39, 0.29) is 25.5 Å². The molecule has 24 heavy (non-hydrogen) atoms. The van der Waals surface area contributed by atoms with Crippen molar-refractivity contribution in [3.63, 3.8) is 0 Å². The van der Waals surface area contributed by atoms with Crippen LogP contribution in [0.2, 0.25) is 0 Å². The van der Waals surface area contributed by atoms with Gasteiger partial charge in [0.05, 0.1) is 6.54 Å². The summed E-state index contributed by atoms with van der Waals surface area (Å²) in [6, 6.07) is 8.63. The van der Waals surface area contributed by atoms with Crippen molar-refractivity contribution >= 4 is 18.1 Å². The molecule has 0 heterocycles. The predicted molar refractivity (Wildman–Crippen MR) is 87.7 cm³/mol. The fourth-order valence-electron chi connectivity index (χ4n) is 1.53. The van der Waals surface area contributed by atoms with E-state index in [1.165, 1.54) is 0 Å². The monoisotopic (exact) mass is 337 g/mol. The molecule has 0 aliphatic carbocycles. The zero-order valence-corrected chi connectivity index (χ0v) is 14.0. The highest BCUT2D eigenvalue weighted by molar-refractivity contribution is 5.82. The summed E-state index contributed by atoms with van der Waals surface area (Å²) in [6.07, 6.45) is -1.27. The third kappa shape index (κ3) is 9.29. The molecule has 0 aliphatic heterocycles. The van der Waals surface area contributed by atoms with Gasteiger partial charge in [-0.25, -0.2) is 9.59 Å². The summed E-state index contributed by atoms with van der Waals surface area (Å²) in [7, 11) is 0. The lowest BCUT2D eigenvalue weighted by molar-refractivity contribution is -0.120. The number of alkyl carbamates (subject to hydrolysis) is 1. The molecule has 1 rings (SSSR count). The second-order valence-corrected chi connectivity index (χ2v) is 5.83. The fraction of sp³-hybridized carbons (Fsp3) is 0.438. The van der Waals surface area contributed by atoms with Crippen LogP contribution in [0.25, 0.3) is 0 Å². The lowest BCUT2D eigenvalue weighted by atomic mass is 10.2. The number of benzene rings is 1. The molecule has 0 spiro atoms. The van der Waals surface area contributed by atoms with Gasteiger partial charge in [0.25, 0.3) is 0 Å². The Morgan fingerprint density at radius 1 is 0.917 bits per heavy atom.